The lowest BCUT2D eigenvalue weighted by atomic mass is 10.00. The van der Waals surface area contributed by atoms with Crippen LogP contribution in [0.1, 0.15) is 38.3 Å². The zero-order valence-electron chi connectivity index (χ0n) is 12.2. The first-order valence-corrected chi connectivity index (χ1v) is 7.05. The summed E-state index contributed by atoms with van der Waals surface area (Å²) in [5.41, 5.74) is 0.439. The van der Waals surface area contributed by atoms with Crippen LogP contribution in [-0.2, 0) is 0 Å². The fourth-order valence-electron chi connectivity index (χ4n) is 2.78. The van der Waals surface area contributed by atoms with Gasteiger partial charge in [-0.2, -0.15) is 4.98 Å². The normalized spacial score (nSPS) is 18.9. The van der Waals surface area contributed by atoms with Gasteiger partial charge in [-0.15, -0.1) is 0 Å². The van der Waals surface area contributed by atoms with Crippen molar-refractivity contribution in [3.8, 4) is 0 Å². The smallest absolute Gasteiger partial charge is 0.332 e. The predicted molar refractivity (Wildman–Crippen MR) is 78.2 cm³/mol. The van der Waals surface area contributed by atoms with Crippen molar-refractivity contribution in [1.82, 2.24) is 9.97 Å². The van der Waals surface area contributed by atoms with Crippen LogP contribution in [0, 0.1) is 17.0 Å². The number of rotatable bonds is 4. The fraction of sp³-hybridized carbons (Fsp3) is 0.692. The summed E-state index contributed by atoms with van der Waals surface area (Å²) in [4.78, 5) is 21.6. The SMILES string of the molecule is CCC1CCCCN1c1nc(NC)nc(C)c1[N+](=O)[O-]. The Labute approximate surface area is 118 Å². The first kappa shape index (κ1) is 14.5. The van der Waals surface area contributed by atoms with Gasteiger partial charge in [0.05, 0.1) is 4.92 Å². The lowest BCUT2D eigenvalue weighted by Gasteiger charge is -2.35. The highest BCUT2D eigenvalue weighted by atomic mass is 16.6. The van der Waals surface area contributed by atoms with Crippen LogP contribution in [0.2, 0.25) is 0 Å². The zero-order valence-corrected chi connectivity index (χ0v) is 12.2. The standard InChI is InChI=1S/C13H21N5O2/c1-4-10-7-5-6-8-17(10)12-11(18(19)20)9(2)15-13(14-3)16-12/h10H,4-8H2,1-3H3,(H,14,15,16). The second kappa shape index (κ2) is 6.02. The molecule has 110 valence electrons. The van der Waals surface area contributed by atoms with E-state index in [4.69, 9.17) is 0 Å². The van der Waals surface area contributed by atoms with Gasteiger partial charge >= 0.3 is 5.69 Å². The van der Waals surface area contributed by atoms with E-state index >= 15 is 0 Å². The molecular formula is C13H21N5O2. The van der Waals surface area contributed by atoms with Crippen LogP contribution in [0.3, 0.4) is 0 Å². The number of nitro groups is 1. The van der Waals surface area contributed by atoms with Gasteiger partial charge in [0.15, 0.2) is 0 Å². The molecule has 1 aliphatic rings. The number of piperidine rings is 1. The fourth-order valence-corrected chi connectivity index (χ4v) is 2.78. The summed E-state index contributed by atoms with van der Waals surface area (Å²) < 4.78 is 0. The Morgan fingerprint density at radius 3 is 2.80 bits per heavy atom. The molecule has 1 aromatic rings. The van der Waals surface area contributed by atoms with E-state index < -0.39 is 0 Å². The summed E-state index contributed by atoms with van der Waals surface area (Å²) in [7, 11) is 1.72. The Balaban J connectivity index is 2.51. The molecule has 1 unspecified atom stereocenters. The highest BCUT2D eigenvalue weighted by Gasteiger charge is 2.31. The number of aromatic nitrogens is 2. The molecule has 1 saturated heterocycles. The summed E-state index contributed by atoms with van der Waals surface area (Å²) >= 11 is 0. The molecule has 1 aromatic heterocycles. The minimum Gasteiger partial charge on any atom is -0.357 e. The zero-order chi connectivity index (χ0) is 14.7. The summed E-state index contributed by atoms with van der Waals surface area (Å²) in [6.07, 6.45) is 4.25. The van der Waals surface area contributed by atoms with Crippen LogP contribution in [0.25, 0.3) is 0 Å². The molecule has 1 N–H and O–H groups in total. The van der Waals surface area contributed by atoms with E-state index in [1.165, 1.54) is 6.42 Å². The van der Waals surface area contributed by atoms with Crippen LogP contribution in [0.5, 0.6) is 0 Å². The van der Waals surface area contributed by atoms with Gasteiger partial charge in [-0.05, 0) is 32.6 Å². The van der Waals surface area contributed by atoms with Crippen molar-refractivity contribution in [2.75, 3.05) is 23.8 Å². The average Bonchev–Trinajstić information content (AvgIpc) is 2.45. The molecule has 0 aliphatic carbocycles. The largest absolute Gasteiger partial charge is 0.357 e. The highest BCUT2D eigenvalue weighted by Crippen LogP contribution is 2.34. The molecule has 20 heavy (non-hydrogen) atoms. The Morgan fingerprint density at radius 1 is 1.45 bits per heavy atom. The summed E-state index contributed by atoms with van der Waals surface area (Å²) in [5, 5.41) is 14.2. The van der Waals surface area contributed by atoms with Crippen molar-refractivity contribution in [2.24, 2.45) is 0 Å². The van der Waals surface area contributed by atoms with Gasteiger partial charge in [0.2, 0.25) is 11.8 Å². The lowest BCUT2D eigenvalue weighted by Crippen LogP contribution is -2.40. The number of hydrogen-bond acceptors (Lipinski definition) is 6. The van der Waals surface area contributed by atoms with E-state index in [1.54, 1.807) is 14.0 Å². The van der Waals surface area contributed by atoms with Gasteiger partial charge < -0.3 is 10.2 Å². The third-order valence-corrected chi connectivity index (χ3v) is 3.82. The molecule has 2 rings (SSSR count). The molecule has 1 fully saturated rings. The Hall–Kier alpha value is -1.92. The van der Waals surface area contributed by atoms with Crippen LogP contribution in [0.15, 0.2) is 0 Å². The second-order valence-corrected chi connectivity index (χ2v) is 5.06. The van der Waals surface area contributed by atoms with Gasteiger partial charge in [0.25, 0.3) is 0 Å². The molecule has 1 atom stereocenters. The van der Waals surface area contributed by atoms with Crippen LogP contribution in [0.4, 0.5) is 17.5 Å². The van der Waals surface area contributed by atoms with Crippen LogP contribution >= 0.6 is 0 Å². The van der Waals surface area contributed by atoms with Gasteiger partial charge in [-0.25, -0.2) is 4.98 Å². The predicted octanol–water partition coefficient (Wildman–Crippen LogP) is 2.50. The molecule has 0 aromatic carbocycles. The number of anilines is 2. The molecule has 0 amide bonds. The summed E-state index contributed by atoms with van der Waals surface area (Å²) in [5.74, 6) is 0.891. The van der Waals surface area contributed by atoms with E-state index in [9.17, 15) is 10.1 Å². The summed E-state index contributed by atoms with van der Waals surface area (Å²) in [6.45, 7) is 4.59. The molecule has 0 saturated carbocycles. The monoisotopic (exact) mass is 279 g/mol. The van der Waals surface area contributed by atoms with Crippen molar-refractivity contribution < 1.29 is 4.92 Å². The van der Waals surface area contributed by atoms with Crippen LogP contribution in [-0.4, -0.2) is 34.5 Å². The maximum absolute atomic E-state index is 11.4. The van der Waals surface area contributed by atoms with E-state index in [0.717, 1.165) is 25.8 Å². The molecule has 2 heterocycles. The van der Waals surface area contributed by atoms with E-state index in [1.807, 2.05) is 0 Å². The Bertz CT molecular complexity index is 506. The molecule has 0 radical (unpaired) electrons. The molecule has 0 bridgehead atoms. The molecular weight excluding hydrogens is 258 g/mol. The Kier molecular flexibility index (Phi) is 4.36. The molecule has 1 aliphatic heterocycles. The van der Waals surface area contributed by atoms with Crippen molar-refractivity contribution in [2.45, 2.75) is 45.6 Å². The van der Waals surface area contributed by atoms with Crippen LogP contribution < -0.4 is 10.2 Å². The number of hydrogen-bond donors (Lipinski definition) is 1. The van der Waals surface area contributed by atoms with Crippen molar-refractivity contribution in [3.05, 3.63) is 15.8 Å². The first-order valence-electron chi connectivity index (χ1n) is 7.05. The molecule has 7 heteroatoms. The first-order chi connectivity index (χ1) is 9.58. The van der Waals surface area contributed by atoms with Gasteiger partial charge in [0.1, 0.15) is 5.69 Å². The van der Waals surface area contributed by atoms with Crippen molar-refractivity contribution in [3.63, 3.8) is 0 Å². The quantitative estimate of drug-likeness (QED) is 0.673. The highest BCUT2D eigenvalue weighted by molar-refractivity contribution is 5.63. The number of aryl methyl sites for hydroxylation is 1. The maximum Gasteiger partial charge on any atom is 0.332 e. The van der Waals surface area contributed by atoms with Gasteiger partial charge in [-0.1, -0.05) is 6.92 Å². The second-order valence-electron chi connectivity index (χ2n) is 5.06. The lowest BCUT2D eigenvalue weighted by molar-refractivity contribution is -0.385. The minimum absolute atomic E-state index is 0.0318. The van der Waals surface area contributed by atoms with Gasteiger partial charge in [0, 0.05) is 19.6 Å². The third kappa shape index (κ3) is 2.66. The number of nitrogens with zero attached hydrogens (tertiary/aromatic N) is 4. The van der Waals surface area contributed by atoms with Crippen molar-refractivity contribution >= 4 is 17.5 Å². The maximum atomic E-state index is 11.4. The minimum atomic E-state index is -0.370. The Morgan fingerprint density at radius 2 is 2.20 bits per heavy atom. The number of nitrogens with one attached hydrogen (secondary N) is 1. The third-order valence-electron chi connectivity index (χ3n) is 3.82. The molecule has 0 spiro atoms. The molecule has 7 nitrogen and oxygen atoms in total. The van der Waals surface area contributed by atoms with Gasteiger partial charge in [-0.3, -0.25) is 10.1 Å². The van der Waals surface area contributed by atoms with E-state index in [0.29, 0.717) is 23.5 Å². The van der Waals surface area contributed by atoms with E-state index in [2.05, 4.69) is 27.1 Å². The topological polar surface area (TPSA) is 84.2 Å². The summed E-state index contributed by atoms with van der Waals surface area (Å²) in [6, 6.07) is 0.321. The van der Waals surface area contributed by atoms with Crippen molar-refractivity contribution in [1.29, 1.82) is 0 Å². The average molecular weight is 279 g/mol. The van der Waals surface area contributed by atoms with E-state index in [-0.39, 0.29) is 10.6 Å².